The maximum absolute atomic E-state index is 13.3. The number of fused-ring (bicyclic) bond motifs is 1. The van der Waals surface area contributed by atoms with Gasteiger partial charge >= 0.3 is 0 Å². The molecule has 3 aromatic rings. The Labute approximate surface area is 171 Å². The first-order chi connectivity index (χ1) is 13.8. The fraction of sp³-hybridized carbons (Fsp3) is 0.190. The molecule has 0 radical (unpaired) electrons. The molecule has 0 saturated heterocycles. The first-order valence-corrected chi connectivity index (χ1v) is 9.43. The van der Waals surface area contributed by atoms with Crippen LogP contribution in [0.15, 0.2) is 42.5 Å². The van der Waals surface area contributed by atoms with Crippen LogP contribution >= 0.6 is 11.6 Å². The van der Waals surface area contributed by atoms with Gasteiger partial charge in [-0.25, -0.2) is 9.07 Å². The minimum Gasteiger partial charge on any atom is -0.326 e. The minimum absolute atomic E-state index is 0.0746. The van der Waals surface area contributed by atoms with E-state index in [2.05, 4.69) is 15.7 Å². The third-order valence-corrected chi connectivity index (χ3v) is 5.15. The lowest BCUT2D eigenvalue weighted by molar-refractivity contribution is -0.123. The molecular formula is C21H18ClFN4O2. The van der Waals surface area contributed by atoms with Crippen molar-refractivity contribution >= 4 is 34.9 Å². The van der Waals surface area contributed by atoms with Crippen LogP contribution in [0, 0.1) is 19.7 Å². The molecule has 8 heteroatoms. The third-order valence-electron chi connectivity index (χ3n) is 4.91. The number of hydrogen-bond acceptors (Lipinski definition) is 3. The molecule has 2 N–H and O–H groups in total. The van der Waals surface area contributed by atoms with Crippen LogP contribution in [0.3, 0.4) is 0 Å². The lowest BCUT2D eigenvalue weighted by atomic mass is 10.1. The molecule has 2 amide bonds. The predicted octanol–water partition coefficient (Wildman–Crippen LogP) is 4.48. The van der Waals surface area contributed by atoms with E-state index in [1.54, 1.807) is 24.3 Å². The van der Waals surface area contributed by atoms with Crippen LogP contribution in [0.5, 0.6) is 0 Å². The smallest absolute Gasteiger partial charge is 0.251 e. The van der Waals surface area contributed by atoms with E-state index in [0.29, 0.717) is 27.8 Å². The average molecular weight is 413 g/mol. The van der Waals surface area contributed by atoms with Crippen LogP contribution < -0.4 is 10.6 Å². The largest absolute Gasteiger partial charge is 0.326 e. The summed E-state index contributed by atoms with van der Waals surface area (Å²) >= 11 is 6.00. The summed E-state index contributed by atoms with van der Waals surface area (Å²) in [4.78, 5) is 25.1. The Balaban J connectivity index is 1.59. The van der Waals surface area contributed by atoms with Crippen molar-refractivity contribution in [1.29, 1.82) is 0 Å². The zero-order valence-electron chi connectivity index (χ0n) is 15.8. The highest BCUT2D eigenvalue weighted by atomic mass is 35.5. The third kappa shape index (κ3) is 3.61. The van der Waals surface area contributed by atoms with Gasteiger partial charge in [0.2, 0.25) is 5.91 Å². The van der Waals surface area contributed by atoms with Crippen molar-refractivity contribution in [2.45, 2.75) is 26.3 Å². The highest BCUT2D eigenvalue weighted by molar-refractivity contribution is 6.31. The summed E-state index contributed by atoms with van der Waals surface area (Å²) in [7, 11) is 0. The van der Waals surface area contributed by atoms with Gasteiger partial charge in [0.15, 0.2) is 0 Å². The van der Waals surface area contributed by atoms with Crippen molar-refractivity contribution in [1.82, 2.24) is 9.78 Å². The number of halogens is 2. The van der Waals surface area contributed by atoms with Gasteiger partial charge in [-0.2, -0.15) is 5.10 Å². The quantitative estimate of drug-likeness (QED) is 0.663. The summed E-state index contributed by atoms with van der Waals surface area (Å²) in [5, 5.41) is 10.6. The van der Waals surface area contributed by atoms with E-state index in [0.717, 1.165) is 11.1 Å². The average Bonchev–Trinajstić information content (AvgIpc) is 3.13. The second-order valence-electron chi connectivity index (χ2n) is 6.98. The first-order valence-electron chi connectivity index (χ1n) is 9.05. The normalized spacial score (nSPS) is 15.2. The van der Waals surface area contributed by atoms with Gasteiger partial charge in [-0.05, 0) is 49.2 Å². The summed E-state index contributed by atoms with van der Waals surface area (Å²) in [6, 6.07) is 10.4. The number of carbonyl (C=O) groups excluding carboxylic acids is 2. The van der Waals surface area contributed by atoms with Gasteiger partial charge in [-0.15, -0.1) is 0 Å². The van der Waals surface area contributed by atoms with Crippen LogP contribution in [0.25, 0.3) is 11.1 Å². The van der Waals surface area contributed by atoms with Crippen LogP contribution in [0.1, 0.15) is 23.7 Å². The molecule has 1 unspecified atom stereocenters. The number of hydrogen-bond donors (Lipinski definition) is 2. The molecular weight excluding hydrogens is 395 g/mol. The van der Waals surface area contributed by atoms with Crippen molar-refractivity contribution < 1.29 is 14.0 Å². The molecule has 0 bridgehead atoms. The van der Waals surface area contributed by atoms with Gasteiger partial charge < -0.3 is 10.6 Å². The van der Waals surface area contributed by atoms with Crippen LogP contribution in [0.4, 0.5) is 15.9 Å². The maximum atomic E-state index is 13.3. The molecule has 2 heterocycles. The fourth-order valence-electron chi connectivity index (χ4n) is 3.45. The van der Waals surface area contributed by atoms with Crippen molar-refractivity contribution in [2.24, 2.45) is 0 Å². The molecule has 1 atom stereocenters. The van der Waals surface area contributed by atoms with E-state index in [9.17, 15) is 14.0 Å². The Morgan fingerprint density at radius 2 is 1.97 bits per heavy atom. The summed E-state index contributed by atoms with van der Waals surface area (Å²) in [6.45, 7) is 3.67. The zero-order chi connectivity index (χ0) is 20.7. The Morgan fingerprint density at radius 1 is 1.24 bits per heavy atom. The predicted molar refractivity (Wildman–Crippen MR) is 109 cm³/mol. The SMILES string of the molecule is Cc1ccc(Cl)cc1NC(=O)CC1C(=O)Nc2c(-c3ccc(F)cc3)c(C)nn21. The molecule has 4 rings (SSSR count). The summed E-state index contributed by atoms with van der Waals surface area (Å²) < 4.78 is 14.8. The van der Waals surface area contributed by atoms with E-state index in [1.165, 1.54) is 16.8 Å². The van der Waals surface area contributed by atoms with Gasteiger partial charge in [-0.3, -0.25) is 9.59 Å². The Morgan fingerprint density at radius 3 is 2.69 bits per heavy atom. The van der Waals surface area contributed by atoms with E-state index >= 15 is 0 Å². The maximum Gasteiger partial charge on any atom is 0.251 e. The van der Waals surface area contributed by atoms with E-state index in [1.807, 2.05) is 19.9 Å². The monoisotopic (exact) mass is 412 g/mol. The van der Waals surface area contributed by atoms with Crippen molar-refractivity contribution in [3.8, 4) is 11.1 Å². The summed E-state index contributed by atoms with van der Waals surface area (Å²) in [5.41, 5.74) is 3.61. The molecule has 29 heavy (non-hydrogen) atoms. The number of nitrogens with zero attached hydrogens (tertiary/aromatic N) is 2. The molecule has 1 aliphatic heterocycles. The number of rotatable bonds is 4. The molecule has 0 saturated carbocycles. The topological polar surface area (TPSA) is 76.0 Å². The van der Waals surface area contributed by atoms with Gasteiger partial charge in [0.05, 0.1) is 12.1 Å². The van der Waals surface area contributed by atoms with E-state index in [-0.39, 0.29) is 24.1 Å². The number of carbonyl (C=O) groups is 2. The van der Waals surface area contributed by atoms with Crippen LogP contribution in [-0.2, 0) is 9.59 Å². The number of amides is 2. The second-order valence-corrected chi connectivity index (χ2v) is 7.41. The number of benzene rings is 2. The van der Waals surface area contributed by atoms with E-state index in [4.69, 9.17) is 11.6 Å². The lowest BCUT2D eigenvalue weighted by Crippen LogP contribution is -2.24. The van der Waals surface area contributed by atoms with Gasteiger partial charge in [0.1, 0.15) is 17.7 Å². The Bertz CT molecular complexity index is 1120. The van der Waals surface area contributed by atoms with Crippen molar-refractivity contribution in [2.75, 3.05) is 10.6 Å². The second kappa shape index (κ2) is 7.33. The fourth-order valence-corrected chi connectivity index (χ4v) is 3.62. The number of anilines is 2. The standard InChI is InChI=1S/C21H18ClFN4O2/c1-11-3-6-14(22)9-16(11)24-18(28)10-17-21(29)25-20-19(12(2)26-27(17)20)13-4-7-15(23)8-5-13/h3-9,17H,10H2,1-2H3,(H,24,28)(H,25,29). The summed E-state index contributed by atoms with van der Waals surface area (Å²) in [6.07, 6.45) is -0.0746. The molecule has 1 aliphatic rings. The molecule has 1 aromatic heterocycles. The molecule has 2 aromatic carbocycles. The number of aromatic nitrogens is 2. The van der Waals surface area contributed by atoms with Gasteiger partial charge in [0.25, 0.3) is 5.91 Å². The number of aryl methyl sites for hydroxylation is 2. The first kappa shape index (κ1) is 19.1. The molecule has 0 fully saturated rings. The molecule has 0 aliphatic carbocycles. The Hall–Kier alpha value is -3.19. The van der Waals surface area contributed by atoms with Crippen LogP contribution in [0.2, 0.25) is 5.02 Å². The highest BCUT2D eigenvalue weighted by Gasteiger charge is 2.36. The lowest BCUT2D eigenvalue weighted by Gasteiger charge is -2.12. The summed E-state index contributed by atoms with van der Waals surface area (Å²) in [5.74, 6) is -0.463. The van der Waals surface area contributed by atoms with Crippen LogP contribution in [-0.4, -0.2) is 21.6 Å². The molecule has 148 valence electrons. The number of nitrogens with one attached hydrogen (secondary N) is 2. The van der Waals surface area contributed by atoms with Crippen molar-refractivity contribution in [3.63, 3.8) is 0 Å². The minimum atomic E-state index is -0.766. The zero-order valence-corrected chi connectivity index (χ0v) is 16.5. The van der Waals surface area contributed by atoms with Gasteiger partial charge in [-0.1, -0.05) is 29.8 Å². The van der Waals surface area contributed by atoms with Crippen molar-refractivity contribution in [3.05, 3.63) is 64.6 Å². The molecule has 0 spiro atoms. The van der Waals surface area contributed by atoms with Gasteiger partial charge in [0, 0.05) is 16.3 Å². The molecule has 6 nitrogen and oxygen atoms in total. The van der Waals surface area contributed by atoms with E-state index < -0.39 is 6.04 Å². The Kier molecular flexibility index (Phi) is 4.84. The highest BCUT2D eigenvalue weighted by Crippen LogP contribution is 2.38.